The zero-order chi connectivity index (χ0) is 9.56. The molecule has 1 unspecified atom stereocenters. The lowest BCUT2D eigenvalue weighted by molar-refractivity contribution is 0.471. The van der Waals surface area contributed by atoms with Gasteiger partial charge in [0.2, 0.25) is 0 Å². The van der Waals surface area contributed by atoms with E-state index < -0.39 is 0 Å². The number of halogens is 1. The molecule has 0 aromatic heterocycles. The first kappa shape index (κ1) is 11.7. The van der Waals surface area contributed by atoms with Crippen LogP contribution in [0.25, 0.3) is 0 Å². The number of hydrogen-bond acceptors (Lipinski definition) is 0. The van der Waals surface area contributed by atoms with Crippen molar-refractivity contribution >= 4 is 0 Å². The van der Waals surface area contributed by atoms with Crippen molar-refractivity contribution in [2.24, 2.45) is 5.92 Å². The average Bonchev–Trinajstić information content (AvgIpc) is 2.03. The fourth-order valence-corrected chi connectivity index (χ4v) is 1.24. The van der Waals surface area contributed by atoms with Crippen LogP contribution in [0.2, 0.25) is 0 Å². The minimum absolute atomic E-state index is 0.211. The molecule has 0 aromatic carbocycles. The van der Waals surface area contributed by atoms with Crippen molar-refractivity contribution < 1.29 is 4.39 Å². The molecule has 0 nitrogen and oxygen atoms in total. The highest BCUT2D eigenvalue weighted by molar-refractivity contribution is 5.10. The molecule has 0 N–H and O–H groups in total. The van der Waals surface area contributed by atoms with Crippen LogP contribution in [0.15, 0.2) is 11.1 Å². The van der Waals surface area contributed by atoms with E-state index in [1.54, 1.807) is 0 Å². The highest BCUT2D eigenvalue weighted by Crippen LogP contribution is 2.20. The zero-order valence-corrected chi connectivity index (χ0v) is 8.78. The van der Waals surface area contributed by atoms with E-state index >= 15 is 0 Å². The molecule has 1 atom stereocenters. The Labute approximate surface area is 75.9 Å². The number of hydrogen-bond donors (Lipinski definition) is 0. The predicted octanol–water partition coefficient (Wildman–Crippen LogP) is 4.12. The summed E-state index contributed by atoms with van der Waals surface area (Å²) in [5.74, 6) is 0.696. The smallest absolute Gasteiger partial charge is 0.0931 e. The van der Waals surface area contributed by atoms with Crippen LogP contribution in [-0.2, 0) is 0 Å². The SMILES string of the molecule is CCC(C)CC(CCF)=C(C)C. The Morgan fingerprint density at radius 1 is 1.33 bits per heavy atom. The van der Waals surface area contributed by atoms with E-state index in [1.165, 1.54) is 17.6 Å². The van der Waals surface area contributed by atoms with E-state index in [1.807, 2.05) is 0 Å². The number of rotatable bonds is 5. The third-order valence-electron chi connectivity index (χ3n) is 2.40. The minimum atomic E-state index is -0.211. The van der Waals surface area contributed by atoms with Gasteiger partial charge in [-0.15, -0.1) is 0 Å². The van der Waals surface area contributed by atoms with E-state index in [2.05, 4.69) is 27.7 Å². The first-order valence-corrected chi connectivity index (χ1v) is 4.83. The summed E-state index contributed by atoms with van der Waals surface area (Å²) in [6, 6.07) is 0. The lowest BCUT2D eigenvalue weighted by Gasteiger charge is -2.12. The summed E-state index contributed by atoms with van der Waals surface area (Å²) < 4.78 is 12.1. The monoisotopic (exact) mass is 172 g/mol. The Bertz CT molecular complexity index is 143. The highest BCUT2D eigenvalue weighted by atomic mass is 19.1. The number of allylic oxidation sites excluding steroid dienone is 2. The van der Waals surface area contributed by atoms with Gasteiger partial charge in [0.1, 0.15) is 0 Å². The average molecular weight is 172 g/mol. The van der Waals surface area contributed by atoms with Gasteiger partial charge in [0.05, 0.1) is 6.67 Å². The normalized spacial score (nSPS) is 12.8. The molecule has 0 bridgehead atoms. The van der Waals surface area contributed by atoms with Crippen molar-refractivity contribution in [1.29, 1.82) is 0 Å². The molecule has 0 heterocycles. The van der Waals surface area contributed by atoms with Crippen molar-refractivity contribution in [1.82, 2.24) is 0 Å². The van der Waals surface area contributed by atoms with Crippen LogP contribution in [0, 0.1) is 5.92 Å². The van der Waals surface area contributed by atoms with Gasteiger partial charge in [-0.3, -0.25) is 4.39 Å². The summed E-state index contributed by atoms with van der Waals surface area (Å²) in [6.45, 7) is 8.35. The molecule has 0 radical (unpaired) electrons. The fraction of sp³-hybridized carbons (Fsp3) is 0.818. The third-order valence-corrected chi connectivity index (χ3v) is 2.40. The molecule has 0 amide bonds. The summed E-state index contributed by atoms with van der Waals surface area (Å²) in [5, 5.41) is 0. The largest absolute Gasteiger partial charge is 0.251 e. The maximum Gasteiger partial charge on any atom is 0.0931 e. The summed E-state index contributed by atoms with van der Waals surface area (Å²) in [6.07, 6.45) is 2.89. The fourth-order valence-electron chi connectivity index (χ4n) is 1.24. The van der Waals surface area contributed by atoms with Crippen molar-refractivity contribution in [3.8, 4) is 0 Å². The van der Waals surface area contributed by atoms with Crippen LogP contribution in [0.1, 0.15) is 47.0 Å². The molecule has 72 valence electrons. The van der Waals surface area contributed by atoms with E-state index in [0.29, 0.717) is 12.3 Å². The van der Waals surface area contributed by atoms with E-state index in [9.17, 15) is 4.39 Å². The van der Waals surface area contributed by atoms with Gasteiger partial charge >= 0.3 is 0 Å². The van der Waals surface area contributed by atoms with Crippen molar-refractivity contribution in [3.05, 3.63) is 11.1 Å². The van der Waals surface area contributed by atoms with Crippen LogP contribution in [0.5, 0.6) is 0 Å². The van der Waals surface area contributed by atoms with Crippen LogP contribution in [0.4, 0.5) is 4.39 Å². The van der Waals surface area contributed by atoms with Crippen LogP contribution >= 0.6 is 0 Å². The molecule has 0 fully saturated rings. The summed E-state index contributed by atoms with van der Waals surface area (Å²) in [5.41, 5.74) is 2.61. The maximum atomic E-state index is 12.1. The highest BCUT2D eigenvalue weighted by Gasteiger charge is 2.05. The number of alkyl halides is 1. The van der Waals surface area contributed by atoms with Gasteiger partial charge < -0.3 is 0 Å². The van der Waals surface area contributed by atoms with Gasteiger partial charge in [-0.05, 0) is 32.6 Å². The summed E-state index contributed by atoms with van der Waals surface area (Å²) >= 11 is 0. The molecular formula is C11H21F. The lowest BCUT2D eigenvalue weighted by atomic mass is 9.94. The molecule has 12 heavy (non-hydrogen) atoms. The van der Waals surface area contributed by atoms with Crippen molar-refractivity contribution in [2.75, 3.05) is 6.67 Å². The molecule has 0 aliphatic heterocycles. The lowest BCUT2D eigenvalue weighted by Crippen LogP contribution is -1.98. The Morgan fingerprint density at radius 2 is 1.92 bits per heavy atom. The van der Waals surface area contributed by atoms with Gasteiger partial charge in [0.15, 0.2) is 0 Å². The van der Waals surface area contributed by atoms with Gasteiger partial charge in [-0.1, -0.05) is 31.4 Å². The third kappa shape index (κ3) is 4.53. The Hall–Kier alpha value is -0.330. The molecule has 1 heteroatoms. The summed E-state index contributed by atoms with van der Waals surface area (Å²) in [4.78, 5) is 0. The van der Waals surface area contributed by atoms with Crippen molar-refractivity contribution in [3.63, 3.8) is 0 Å². The van der Waals surface area contributed by atoms with Crippen LogP contribution in [0.3, 0.4) is 0 Å². The molecule has 0 aliphatic rings. The molecule has 0 rings (SSSR count). The Morgan fingerprint density at radius 3 is 2.25 bits per heavy atom. The molecular weight excluding hydrogens is 151 g/mol. The topological polar surface area (TPSA) is 0 Å². The Kier molecular flexibility index (Phi) is 6.04. The van der Waals surface area contributed by atoms with Gasteiger partial charge in [0.25, 0.3) is 0 Å². The van der Waals surface area contributed by atoms with Crippen LogP contribution in [-0.4, -0.2) is 6.67 Å². The maximum absolute atomic E-state index is 12.1. The molecule has 0 aliphatic carbocycles. The first-order valence-electron chi connectivity index (χ1n) is 4.83. The van der Waals surface area contributed by atoms with Gasteiger partial charge in [0, 0.05) is 0 Å². The first-order chi connectivity index (χ1) is 5.61. The predicted molar refractivity (Wildman–Crippen MR) is 53.0 cm³/mol. The standard InChI is InChI=1S/C11H21F/c1-5-10(4)8-11(6-7-12)9(2)3/h10H,5-8H2,1-4H3. The van der Waals surface area contributed by atoms with Gasteiger partial charge in [-0.2, -0.15) is 0 Å². The van der Waals surface area contributed by atoms with E-state index in [-0.39, 0.29) is 6.67 Å². The van der Waals surface area contributed by atoms with Crippen molar-refractivity contribution in [2.45, 2.75) is 47.0 Å². The summed E-state index contributed by atoms with van der Waals surface area (Å²) in [7, 11) is 0. The van der Waals surface area contributed by atoms with E-state index in [4.69, 9.17) is 0 Å². The second-order valence-corrected chi connectivity index (χ2v) is 3.76. The molecule has 0 aromatic rings. The quantitative estimate of drug-likeness (QED) is 0.547. The molecule has 0 saturated heterocycles. The Balaban J connectivity index is 4.06. The zero-order valence-electron chi connectivity index (χ0n) is 8.78. The van der Waals surface area contributed by atoms with Gasteiger partial charge in [-0.25, -0.2) is 0 Å². The molecule has 0 spiro atoms. The molecule has 0 saturated carbocycles. The van der Waals surface area contributed by atoms with Crippen LogP contribution < -0.4 is 0 Å². The second-order valence-electron chi connectivity index (χ2n) is 3.76. The second kappa shape index (κ2) is 6.22. The minimum Gasteiger partial charge on any atom is -0.251 e. The van der Waals surface area contributed by atoms with E-state index in [0.717, 1.165) is 6.42 Å².